The van der Waals surface area contributed by atoms with E-state index in [0.29, 0.717) is 11.5 Å². The summed E-state index contributed by atoms with van der Waals surface area (Å²) in [6.07, 6.45) is 3.88. The summed E-state index contributed by atoms with van der Waals surface area (Å²) in [4.78, 5) is 18.3. The van der Waals surface area contributed by atoms with E-state index in [1.165, 1.54) is 0 Å². The van der Waals surface area contributed by atoms with Crippen LogP contribution in [0.25, 0.3) is 0 Å². The van der Waals surface area contributed by atoms with E-state index >= 15 is 0 Å². The van der Waals surface area contributed by atoms with Gasteiger partial charge in [0.25, 0.3) is 5.91 Å². The third-order valence-electron chi connectivity index (χ3n) is 3.71. The highest BCUT2D eigenvalue weighted by Gasteiger charge is 2.19. The Balaban J connectivity index is 1.80. The predicted molar refractivity (Wildman–Crippen MR) is 76.4 cm³/mol. The van der Waals surface area contributed by atoms with Gasteiger partial charge in [0.05, 0.1) is 5.56 Å². The van der Waals surface area contributed by atoms with Gasteiger partial charge >= 0.3 is 0 Å². The minimum atomic E-state index is -0.129. The molecule has 0 bridgehead atoms. The van der Waals surface area contributed by atoms with Crippen LogP contribution in [0, 0.1) is 5.92 Å². The molecule has 2 heterocycles. The Morgan fingerprint density at radius 1 is 1.53 bits per heavy atom. The van der Waals surface area contributed by atoms with Gasteiger partial charge in [0.2, 0.25) is 0 Å². The first-order valence-corrected chi connectivity index (χ1v) is 7.19. The summed E-state index contributed by atoms with van der Waals surface area (Å²) < 4.78 is 0. The number of amides is 1. The number of carbonyl (C=O) groups excluding carboxylic acids is 1. The highest BCUT2D eigenvalue weighted by atomic mass is 35.5. The maximum atomic E-state index is 12.0. The van der Waals surface area contributed by atoms with Crippen LogP contribution in [-0.4, -0.2) is 42.0 Å². The van der Waals surface area contributed by atoms with Gasteiger partial charge in [-0.1, -0.05) is 18.5 Å². The molecule has 0 spiro atoms. The van der Waals surface area contributed by atoms with Crippen molar-refractivity contribution < 1.29 is 4.79 Å². The van der Waals surface area contributed by atoms with E-state index in [0.717, 1.165) is 39.0 Å². The fourth-order valence-corrected chi connectivity index (χ4v) is 2.60. The number of nitrogens with one attached hydrogen (secondary N) is 1. The molecule has 19 heavy (non-hydrogen) atoms. The third kappa shape index (κ3) is 3.91. The molecule has 104 valence electrons. The van der Waals surface area contributed by atoms with Gasteiger partial charge in [-0.15, -0.1) is 0 Å². The molecule has 0 aliphatic carbocycles. The number of carbonyl (C=O) groups is 1. The Bertz CT molecular complexity index is 430. The molecule has 0 aromatic carbocycles. The molecule has 1 N–H and O–H groups in total. The average molecular weight is 282 g/mol. The number of piperidine rings is 1. The van der Waals surface area contributed by atoms with Crippen LogP contribution < -0.4 is 5.32 Å². The second kappa shape index (κ2) is 6.87. The molecule has 1 amide bonds. The van der Waals surface area contributed by atoms with Gasteiger partial charge in [0.1, 0.15) is 5.15 Å². The summed E-state index contributed by atoms with van der Waals surface area (Å²) in [5.74, 6) is 0.443. The molecule has 4 nitrogen and oxygen atoms in total. The number of likely N-dealkylation sites (tertiary alicyclic amines) is 1. The number of aromatic nitrogens is 1. The normalized spacial score (nSPS) is 17.4. The van der Waals surface area contributed by atoms with Crippen LogP contribution in [0.3, 0.4) is 0 Å². The zero-order valence-electron chi connectivity index (χ0n) is 11.2. The number of pyridine rings is 1. The summed E-state index contributed by atoms with van der Waals surface area (Å²) in [6.45, 7) is 6.29. The Labute approximate surface area is 119 Å². The summed E-state index contributed by atoms with van der Waals surface area (Å²) >= 11 is 5.90. The number of halogens is 1. The van der Waals surface area contributed by atoms with Crippen LogP contribution >= 0.6 is 11.6 Å². The first-order valence-electron chi connectivity index (χ1n) is 6.81. The van der Waals surface area contributed by atoms with Crippen LogP contribution in [0.2, 0.25) is 5.15 Å². The lowest BCUT2D eigenvalue weighted by atomic mass is 9.97. The average Bonchev–Trinajstić information content (AvgIpc) is 2.46. The van der Waals surface area contributed by atoms with Crippen molar-refractivity contribution in [1.82, 2.24) is 15.2 Å². The second-order valence-electron chi connectivity index (χ2n) is 4.93. The molecular formula is C14H20ClN3O. The SMILES string of the molecule is CCN1CCC(CNC(=O)c2cccnc2Cl)CC1. The lowest BCUT2D eigenvalue weighted by molar-refractivity contribution is 0.0936. The molecule has 1 aliphatic heterocycles. The zero-order chi connectivity index (χ0) is 13.7. The number of nitrogens with zero attached hydrogens (tertiary/aromatic N) is 2. The lowest BCUT2D eigenvalue weighted by Gasteiger charge is -2.31. The summed E-state index contributed by atoms with van der Waals surface area (Å²) in [5.41, 5.74) is 0.454. The van der Waals surface area contributed by atoms with Crippen molar-refractivity contribution in [3.63, 3.8) is 0 Å². The van der Waals surface area contributed by atoms with Gasteiger partial charge in [-0.3, -0.25) is 4.79 Å². The van der Waals surface area contributed by atoms with E-state index in [1.54, 1.807) is 18.3 Å². The Morgan fingerprint density at radius 2 is 2.26 bits per heavy atom. The van der Waals surface area contributed by atoms with Crippen LogP contribution in [-0.2, 0) is 0 Å². The van der Waals surface area contributed by atoms with Crippen molar-refractivity contribution in [2.24, 2.45) is 5.92 Å². The van der Waals surface area contributed by atoms with E-state index in [4.69, 9.17) is 11.6 Å². The monoisotopic (exact) mass is 281 g/mol. The first-order chi connectivity index (χ1) is 9.20. The van der Waals surface area contributed by atoms with E-state index in [9.17, 15) is 4.79 Å². The van der Waals surface area contributed by atoms with E-state index in [-0.39, 0.29) is 11.1 Å². The molecule has 1 aromatic heterocycles. The minimum Gasteiger partial charge on any atom is -0.352 e. The van der Waals surface area contributed by atoms with Crippen LogP contribution in [0.4, 0.5) is 0 Å². The van der Waals surface area contributed by atoms with Gasteiger partial charge < -0.3 is 10.2 Å². The minimum absolute atomic E-state index is 0.129. The number of hydrogen-bond acceptors (Lipinski definition) is 3. The van der Waals surface area contributed by atoms with Crippen molar-refractivity contribution in [3.05, 3.63) is 29.0 Å². The molecule has 0 radical (unpaired) electrons. The molecule has 1 saturated heterocycles. The van der Waals surface area contributed by atoms with Crippen molar-refractivity contribution in [2.75, 3.05) is 26.2 Å². The summed E-state index contributed by atoms with van der Waals surface area (Å²) in [7, 11) is 0. The molecule has 5 heteroatoms. The van der Waals surface area contributed by atoms with Crippen LogP contribution in [0.15, 0.2) is 18.3 Å². The van der Waals surface area contributed by atoms with E-state index in [2.05, 4.69) is 22.1 Å². The molecule has 2 rings (SSSR count). The fraction of sp³-hybridized carbons (Fsp3) is 0.571. The topological polar surface area (TPSA) is 45.2 Å². The van der Waals surface area contributed by atoms with Gasteiger partial charge in [0.15, 0.2) is 0 Å². The second-order valence-corrected chi connectivity index (χ2v) is 5.29. The van der Waals surface area contributed by atoms with Gasteiger partial charge in [-0.2, -0.15) is 0 Å². The van der Waals surface area contributed by atoms with Gasteiger partial charge in [-0.25, -0.2) is 4.98 Å². The van der Waals surface area contributed by atoms with Crippen LogP contribution in [0.1, 0.15) is 30.1 Å². The molecule has 1 fully saturated rings. The quantitative estimate of drug-likeness (QED) is 0.861. The summed E-state index contributed by atoms with van der Waals surface area (Å²) in [6, 6.07) is 3.42. The maximum Gasteiger partial charge on any atom is 0.254 e. The standard InChI is InChI=1S/C14H20ClN3O/c1-2-18-8-5-11(6-9-18)10-17-14(19)12-4-3-7-16-13(12)15/h3-4,7,11H,2,5-6,8-10H2,1H3,(H,17,19). The van der Waals surface area contributed by atoms with Crippen molar-refractivity contribution in [2.45, 2.75) is 19.8 Å². The van der Waals surface area contributed by atoms with Crippen LogP contribution in [0.5, 0.6) is 0 Å². The number of hydrogen-bond donors (Lipinski definition) is 1. The molecule has 1 aromatic rings. The molecule has 0 atom stereocenters. The molecule has 1 aliphatic rings. The smallest absolute Gasteiger partial charge is 0.254 e. The van der Waals surface area contributed by atoms with Gasteiger partial charge in [0, 0.05) is 12.7 Å². The lowest BCUT2D eigenvalue weighted by Crippen LogP contribution is -2.38. The van der Waals surface area contributed by atoms with Crippen molar-refractivity contribution in [3.8, 4) is 0 Å². The summed E-state index contributed by atoms with van der Waals surface area (Å²) in [5, 5.41) is 3.23. The molecular weight excluding hydrogens is 262 g/mol. The first kappa shape index (κ1) is 14.3. The Morgan fingerprint density at radius 3 is 2.89 bits per heavy atom. The van der Waals surface area contributed by atoms with Crippen molar-refractivity contribution >= 4 is 17.5 Å². The largest absolute Gasteiger partial charge is 0.352 e. The molecule has 0 unspecified atom stereocenters. The van der Waals surface area contributed by atoms with Crippen molar-refractivity contribution in [1.29, 1.82) is 0 Å². The Hall–Kier alpha value is -1.13. The highest BCUT2D eigenvalue weighted by molar-refractivity contribution is 6.32. The number of rotatable bonds is 4. The Kier molecular flexibility index (Phi) is 5.16. The maximum absolute atomic E-state index is 12.0. The molecule has 0 saturated carbocycles. The fourth-order valence-electron chi connectivity index (χ4n) is 2.39. The third-order valence-corrected chi connectivity index (χ3v) is 4.01. The van der Waals surface area contributed by atoms with E-state index < -0.39 is 0 Å². The zero-order valence-corrected chi connectivity index (χ0v) is 12.0. The predicted octanol–water partition coefficient (Wildman–Crippen LogP) is 2.20. The highest BCUT2D eigenvalue weighted by Crippen LogP contribution is 2.16. The van der Waals surface area contributed by atoms with E-state index in [1.807, 2.05) is 0 Å². The van der Waals surface area contributed by atoms with Gasteiger partial charge in [-0.05, 0) is 50.5 Å².